The molecular weight excluding hydrogens is 226 g/mol. The Labute approximate surface area is 108 Å². The summed E-state index contributed by atoms with van der Waals surface area (Å²) < 4.78 is 0. The third kappa shape index (κ3) is 2.48. The maximum absolute atomic E-state index is 12.0. The Morgan fingerprint density at radius 3 is 2.67 bits per heavy atom. The number of rotatable bonds is 2. The second-order valence-electron chi connectivity index (χ2n) is 4.92. The minimum atomic E-state index is -0.273. The van der Waals surface area contributed by atoms with Crippen LogP contribution in [0.3, 0.4) is 0 Å². The molecule has 1 heterocycles. The van der Waals surface area contributed by atoms with Gasteiger partial charge in [0.1, 0.15) is 6.04 Å². The van der Waals surface area contributed by atoms with Gasteiger partial charge in [-0.05, 0) is 32.4 Å². The fraction of sp³-hybridized carbons (Fsp3) is 0.500. The van der Waals surface area contributed by atoms with E-state index in [1.54, 1.807) is 0 Å². The summed E-state index contributed by atoms with van der Waals surface area (Å²) in [5, 5.41) is 2.93. The van der Waals surface area contributed by atoms with Crippen LogP contribution in [-0.2, 0) is 4.79 Å². The molecule has 0 aliphatic carbocycles. The molecule has 18 heavy (non-hydrogen) atoms. The van der Waals surface area contributed by atoms with E-state index in [4.69, 9.17) is 5.73 Å². The van der Waals surface area contributed by atoms with Crippen molar-refractivity contribution in [3.63, 3.8) is 0 Å². The van der Waals surface area contributed by atoms with Gasteiger partial charge in [0.05, 0.1) is 0 Å². The largest absolute Gasteiger partial charge is 0.356 e. The van der Waals surface area contributed by atoms with Crippen molar-refractivity contribution in [2.75, 3.05) is 18.0 Å². The number of aryl methyl sites for hydroxylation is 1. The number of carbonyl (C=O) groups is 1. The Kier molecular flexibility index (Phi) is 3.87. The highest BCUT2D eigenvalue weighted by Gasteiger charge is 2.31. The van der Waals surface area contributed by atoms with Crippen LogP contribution in [0.2, 0.25) is 0 Å². The zero-order valence-corrected chi connectivity index (χ0v) is 11.0. The van der Waals surface area contributed by atoms with Gasteiger partial charge >= 0.3 is 0 Å². The van der Waals surface area contributed by atoms with Gasteiger partial charge in [0.15, 0.2) is 0 Å². The average molecular weight is 247 g/mol. The Morgan fingerprint density at radius 2 is 2.06 bits per heavy atom. The maximum atomic E-state index is 12.0. The van der Waals surface area contributed by atoms with Gasteiger partial charge in [-0.15, -0.1) is 0 Å². The molecule has 0 saturated carbocycles. The van der Waals surface area contributed by atoms with Crippen LogP contribution in [0.4, 0.5) is 5.69 Å². The van der Waals surface area contributed by atoms with Crippen LogP contribution in [0.5, 0.6) is 0 Å². The monoisotopic (exact) mass is 247 g/mol. The Morgan fingerprint density at radius 1 is 1.39 bits per heavy atom. The molecule has 3 N–H and O–H groups in total. The summed E-state index contributed by atoms with van der Waals surface area (Å²) in [6, 6.07) is 8.29. The van der Waals surface area contributed by atoms with E-state index >= 15 is 0 Å². The van der Waals surface area contributed by atoms with E-state index in [1.165, 1.54) is 5.56 Å². The third-order valence-electron chi connectivity index (χ3n) is 3.53. The highest BCUT2D eigenvalue weighted by molar-refractivity contribution is 5.86. The normalized spacial score (nSPS) is 24.6. The highest BCUT2D eigenvalue weighted by Crippen LogP contribution is 2.23. The van der Waals surface area contributed by atoms with E-state index in [1.807, 2.05) is 0 Å². The second-order valence-corrected chi connectivity index (χ2v) is 4.92. The quantitative estimate of drug-likeness (QED) is 0.821. The summed E-state index contributed by atoms with van der Waals surface area (Å²) in [5.74, 6) is 0.0300. The van der Waals surface area contributed by atoms with Gasteiger partial charge in [0.25, 0.3) is 0 Å². The second kappa shape index (κ2) is 5.40. The van der Waals surface area contributed by atoms with Crippen molar-refractivity contribution in [2.24, 2.45) is 5.73 Å². The van der Waals surface area contributed by atoms with Crippen LogP contribution >= 0.6 is 0 Å². The van der Waals surface area contributed by atoms with Crippen molar-refractivity contribution < 1.29 is 4.79 Å². The Balaban J connectivity index is 2.35. The fourth-order valence-corrected chi connectivity index (χ4v) is 2.47. The molecule has 98 valence electrons. The Bertz CT molecular complexity index is 416. The lowest BCUT2D eigenvalue weighted by Crippen LogP contribution is -2.51. The summed E-state index contributed by atoms with van der Waals surface area (Å²) in [4.78, 5) is 14.1. The summed E-state index contributed by atoms with van der Waals surface area (Å²) in [6.07, 6.45) is 0.941. The van der Waals surface area contributed by atoms with Gasteiger partial charge < -0.3 is 16.0 Å². The molecule has 1 aliphatic rings. The van der Waals surface area contributed by atoms with Gasteiger partial charge in [0.2, 0.25) is 5.91 Å². The topological polar surface area (TPSA) is 58.4 Å². The first kappa shape index (κ1) is 12.9. The van der Waals surface area contributed by atoms with Crippen LogP contribution in [0.1, 0.15) is 18.9 Å². The van der Waals surface area contributed by atoms with Crippen molar-refractivity contribution in [2.45, 2.75) is 32.4 Å². The van der Waals surface area contributed by atoms with Crippen molar-refractivity contribution in [3.05, 3.63) is 29.8 Å². The molecule has 1 saturated heterocycles. The van der Waals surface area contributed by atoms with E-state index in [2.05, 4.69) is 48.3 Å². The number of amides is 1. The molecule has 2 rings (SSSR count). The summed E-state index contributed by atoms with van der Waals surface area (Å²) >= 11 is 0. The van der Waals surface area contributed by atoms with Crippen LogP contribution < -0.4 is 16.0 Å². The summed E-state index contributed by atoms with van der Waals surface area (Å²) in [6.45, 7) is 5.26. The molecule has 0 aromatic heterocycles. The standard InChI is InChI=1S/C14H21N3O/c1-10-3-5-12(6-4-10)17-11(2)7-8-16-14(18)13(17)9-15/h3-6,11,13H,7-9,15H2,1-2H3,(H,16,18). The first-order chi connectivity index (χ1) is 8.63. The van der Waals surface area contributed by atoms with Gasteiger partial charge in [-0.25, -0.2) is 0 Å². The number of nitrogens with two attached hydrogens (primary N) is 1. The molecule has 2 atom stereocenters. The van der Waals surface area contributed by atoms with Crippen LogP contribution in [0.25, 0.3) is 0 Å². The lowest BCUT2D eigenvalue weighted by Gasteiger charge is -2.34. The fourth-order valence-electron chi connectivity index (χ4n) is 2.47. The van der Waals surface area contributed by atoms with Crippen LogP contribution in [0.15, 0.2) is 24.3 Å². The summed E-state index contributed by atoms with van der Waals surface area (Å²) in [7, 11) is 0. The van der Waals surface area contributed by atoms with Crippen LogP contribution in [0, 0.1) is 6.92 Å². The van der Waals surface area contributed by atoms with Crippen molar-refractivity contribution >= 4 is 11.6 Å². The number of nitrogens with zero attached hydrogens (tertiary/aromatic N) is 1. The van der Waals surface area contributed by atoms with Gasteiger partial charge in [-0.3, -0.25) is 4.79 Å². The molecule has 2 unspecified atom stereocenters. The number of benzene rings is 1. The number of hydrogen-bond donors (Lipinski definition) is 2. The Hall–Kier alpha value is -1.55. The van der Waals surface area contributed by atoms with Crippen molar-refractivity contribution in [1.29, 1.82) is 0 Å². The SMILES string of the molecule is Cc1ccc(N2C(C)CCNC(=O)C2CN)cc1. The van der Waals surface area contributed by atoms with Gasteiger partial charge in [-0.1, -0.05) is 17.7 Å². The average Bonchev–Trinajstić information content (AvgIpc) is 2.49. The van der Waals surface area contributed by atoms with E-state index in [0.29, 0.717) is 12.6 Å². The number of anilines is 1. The smallest absolute Gasteiger partial charge is 0.244 e. The molecule has 0 radical (unpaired) electrons. The minimum absolute atomic E-state index is 0.0300. The third-order valence-corrected chi connectivity index (χ3v) is 3.53. The van der Waals surface area contributed by atoms with Crippen molar-refractivity contribution in [3.8, 4) is 0 Å². The van der Waals surface area contributed by atoms with Crippen LogP contribution in [-0.4, -0.2) is 31.1 Å². The predicted octanol–water partition coefficient (Wildman–Crippen LogP) is 1.04. The number of hydrogen-bond acceptors (Lipinski definition) is 3. The van der Waals surface area contributed by atoms with E-state index in [-0.39, 0.29) is 11.9 Å². The molecule has 1 fully saturated rings. The molecule has 1 aliphatic heterocycles. The van der Waals surface area contributed by atoms with Gasteiger partial charge in [0, 0.05) is 24.8 Å². The van der Waals surface area contributed by atoms with E-state index in [0.717, 1.165) is 18.7 Å². The first-order valence-electron chi connectivity index (χ1n) is 6.46. The van der Waals surface area contributed by atoms with Gasteiger partial charge in [-0.2, -0.15) is 0 Å². The minimum Gasteiger partial charge on any atom is -0.356 e. The lowest BCUT2D eigenvalue weighted by molar-refractivity contribution is -0.121. The first-order valence-corrected chi connectivity index (χ1v) is 6.46. The van der Waals surface area contributed by atoms with Crippen molar-refractivity contribution in [1.82, 2.24) is 5.32 Å². The molecular formula is C14H21N3O. The van der Waals surface area contributed by atoms with E-state index < -0.39 is 0 Å². The molecule has 1 aromatic rings. The zero-order chi connectivity index (χ0) is 13.1. The summed E-state index contributed by atoms with van der Waals surface area (Å²) in [5.41, 5.74) is 8.07. The highest BCUT2D eigenvalue weighted by atomic mass is 16.2. The molecule has 4 heteroatoms. The molecule has 4 nitrogen and oxygen atoms in total. The zero-order valence-electron chi connectivity index (χ0n) is 11.0. The maximum Gasteiger partial charge on any atom is 0.244 e. The molecule has 0 spiro atoms. The molecule has 0 bridgehead atoms. The molecule has 1 aromatic carbocycles. The predicted molar refractivity (Wildman–Crippen MR) is 73.6 cm³/mol. The lowest BCUT2D eigenvalue weighted by atomic mass is 10.1. The number of nitrogens with one attached hydrogen (secondary N) is 1. The molecule has 1 amide bonds. The van der Waals surface area contributed by atoms with E-state index in [9.17, 15) is 4.79 Å². The number of carbonyl (C=O) groups excluding carboxylic acids is 1.